The standard InChI is InChI=1S/C17H28BrNO/c1-4-14(2)10-16(13-19-8-9-20-3)11-15-6-5-7-17(18)12-15/h5-7,12,14,16,19H,4,8-11,13H2,1-3H3. The van der Waals surface area contributed by atoms with Crippen LogP contribution in [0.15, 0.2) is 28.7 Å². The van der Waals surface area contributed by atoms with Crippen LogP contribution < -0.4 is 5.32 Å². The highest BCUT2D eigenvalue weighted by molar-refractivity contribution is 9.10. The summed E-state index contributed by atoms with van der Waals surface area (Å²) >= 11 is 3.56. The van der Waals surface area contributed by atoms with Crippen molar-refractivity contribution < 1.29 is 4.74 Å². The smallest absolute Gasteiger partial charge is 0.0587 e. The highest BCUT2D eigenvalue weighted by atomic mass is 79.9. The van der Waals surface area contributed by atoms with Crippen LogP contribution in [-0.2, 0) is 11.2 Å². The Labute approximate surface area is 132 Å². The molecule has 1 N–H and O–H groups in total. The minimum Gasteiger partial charge on any atom is -0.383 e. The van der Waals surface area contributed by atoms with Gasteiger partial charge >= 0.3 is 0 Å². The predicted molar refractivity (Wildman–Crippen MR) is 90.2 cm³/mol. The van der Waals surface area contributed by atoms with Gasteiger partial charge in [-0.1, -0.05) is 48.3 Å². The van der Waals surface area contributed by atoms with Gasteiger partial charge in [0.05, 0.1) is 6.61 Å². The van der Waals surface area contributed by atoms with E-state index in [0.29, 0.717) is 5.92 Å². The van der Waals surface area contributed by atoms with Gasteiger partial charge in [-0.2, -0.15) is 0 Å². The van der Waals surface area contributed by atoms with E-state index in [4.69, 9.17) is 4.74 Å². The summed E-state index contributed by atoms with van der Waals surface area (Å²) in [5.74, 6) is 1.48. The molecule has 0 heterocycles. The SMILES string of the molecule is CCC(C)CC(CNCCOC)Cc1cccc(Br)c1. The summed E-state index contributed by atoms with van der Waals surface area (Å²) in [5, 5.41) is 3.51. The van der Waals surface area contributed by atoms with E-state index in [2.05, 4.69) is 59.4 Å². The van der Waals surface area contributed by atoms with E-state index >= 15 is 0 Å². The van der Waals surface area contributed by atoms with E-state index in [1.165, 1.54) is 22.9 Å². The first-order chi connectivity index (χ1) is 9.65. The molecule has 0 aliphatic heterocycles. The number of ether oxygens (including phenoxy) is 1. The number of benzene rings is 1. The second kappa shape index (κ2) is 10.4. The van der Waals surface area contributed by atoms with Crippen LogP contribution in [0.2, 0.25) is 0 Å². The zero-order valence-corrected chi connectivity index (χ0v) is 14.6. The van der Waals surface area contributed by atoms with Gasteiger partial charge in [0.15, 0.2) is 0 Å². The lowest BCUT2D eigenvalue weighted by Crippen LogP contribution is -2.28. The fourth-order valence-electron chi connectivity index (χ4n) is 2.45. The summed E-state index contributed by atoms with van der Waals surface area (Å²) < 4.78 is 6.26. The van der Waals surface area contributed by atoms with Crippen molar-refractivity contribution in [2.75, 3.05) is 26.8 Å². The molecule has 2 unspecified atom stereocenters. The molecule has 1 aromatic carbocycles. The van der Waals surface area contributed by atoms with Crippen molar-refractivity contribution >= 4 is 15.9 Å². The molecule has 3 heteroatoms. The van der Waals surface area contributed by atoms with Crippen molar-refractivity contribution in [3.05, 3.63) is 34.3 Å². The van der Waals surface area contributed by atoms with Gasteiger partial charge in [0, 0.05) is 18.1 Å². The van der Waals surface area contributed by atoms with Crippen molar-refractivity contribution in [1.29, 1.82) is 0 Å². The second-order valence-corrected chi connectivity index (χ2v) is 6.56. The summed E-state index contributed by atoms with van der Waals surface area (Å²) in [4.78, 5) is 0. The maximum absolute atomic E-state index is 5.09. The van der Waals surface area contributed by atoms with E-state index in [-0.39, 0.29) is 0 Å². The lowest BCUT2D eigenvalue weighted by atomic mass is 9.89. The number of halogens is 1. The Balaban J connectivity index is 2.52. The second-order valence-electron chi connectivity index (χ2n) is 5.65. The van der Waals surface area contributed by atoms with Gasteiger partial charge in [-0.15, -0.1) is 0 Å². The number of nitrogens with one attached hydrogen (secondary N) is 1. The molecular formula is C17H28BrNO. The molecule has 1 aromatic rings. The molecule has 1 rings (SSSR count). The van der Waals surface area contributed by atoms with Gasteiger partial charge in [-0.05, 0) is 48.9 Å². The quantitative estimate of drug-likeness (QED) is 0.641. The highest BCUT2D eigenvalue weighted by Gasteiger charge is 2.13. The fraction of sp³-hybridized carbons (Fsp3) is 0.647. The molecule has 20 heavy (non-hydrogen) atoms. The van der Waals surface area contributed by atoms with E-state index in [0.717, 1.165) is 32.0 Å². The van der Waals surface area contributed by atoms with Crippen molar-refractivity contribution in [3.8, 4) is 0 Å². The van der Waals surface area contributed by atoms with Gasteiger partial charge in [-0.3, -0.25) is 0 Å². The Hall–Kier alpha value is -0.380. The molecule has 2 atom stereocenters. The molecule has 0 fully saturated rings. The molecule has 0 amide bonds. The zero-order valence-electron chi connectivity index (χ0n) is 13.0. The Morgan fingerprint density at radius 3 is 2.80 bits per heavy atom. The first kappa shape index (κ1) is 17.7. The van der Waals surface area contributed by atoms with Crippen LogP contribution in [0.1, 0.15) is 32.3 Å². The average molecular weight is 342 g/mol. The van der Waals surface area contributed by atoms with E-state index in [1.807, 2.05) is 0 Å². The highest BCUT2D eigenvalue weighted by Crippen LogP contribution is 2.21. The Kier molecular flexibility index (Phi) is 9.16. The number of rotatable bonds is 10. The molecule has 0 saturated carbocycles. The van der Waals surface area contributed by atoms with E-state index < -0.39 is 0 Å². The molecule has 0 radical (unpaired) electrons. The third-order valence-corrected chi connectivity index (χ3v) is 4.26. The fourth-order valence-corrected chi connectivity index (χ4v) is 2.90. The normalized spacial score (nSPS) is 14.2. The largest absolute Gasteiger partial charge is 0.383 e. The maximum Gasteiger partial charge on any atom is 0.0587 e. The molecule has 0 aliphatic rings. The molecule has 0 bridgehead atoms. The summed E-state index contributed by atoms with van der Waals surface area (Å²) in [7, 11) is 1.75. The molecule has 0 spiro atoms. The number of hydrogen-bond acceptors (Lipinski definition) is 2. The summed E-state index contributed by atoms with van der Waals surface area (Å²) in [6.07, 6.45) is 3.68. The van der Waals surface area contributed by atoms with Gasteiger partial charge < -0.3 is 10.1 Å². The third-order valence-electron chi connectivity index (χ3n) is 3.76. The van der Waals surface area contributed by atoms with Crippen molar-refractivity contribution in [3.63, 3.8) is 0 Å². The lowest BCUT2D eigenvalue weighted by Gasteiger charge is -2.21. The topological polar surface area (TPSA) is 21.3 Å². The van der Waals surface area contributed by atoms with Crippen LogP contribution >= 0.6 is 15.9 Å². The van der Waals surface area contributed by atoms with Gasteiger partial charge in [0.1, 0.15) is 0 Å². The Bertz CT molecular complexity index is 370. The number of methoxy groups -OCH3 is 1. The number of hydrogen-bond donors (Lipinski definition) is 1. The molecule has 0 saturated heterocycles. The van der Waals surface area contributed by atoms with Crippen LogP contribution in [0.4, 0.5) is 0 Å². The summed E-state index contributed by atoms with van der Waals surface area (Å²) in [6.45, 7) is 7.42. The lowest BCUT2D eigenvalue weighted by molar-refractivity contribution is 0.196. The molecule has 0 aliphatic carbocycles. The Morgan fingerprint density at radius 2 is 2.15 bits per heavy atom. The zero-order chi connectivity index (χ0) is 14.8. The minimum absolute atomic E-state index is 0.691. The first-order valence-corrected chi connectivity index (χ1v) is 8.39. The first-order valence-electron chi connectivity index (χ1n) is 7.59. The predicted octanol–water partition coefficient (Wildman–Crippen LogP) is 4.28. The van der Waals surface area contributed by atoms with E-state index in [1.54, 1.807) is 7.11 Å². The van der Waals surface area contributed by atoms with Crippen LogP contribution in [0.25, 0.3) is 0 Å². The van der Waals surface area contributed by atoms with E-state index in [9.17, 15) is 0 Å². The van der Waals surface area contributed by atoms with Crippen molar-refractivity contribution in [2.24, 2.45) is 11.8 Å². The molecular weight excluding hydrogens is 314 g/mol. The van der Waals surface area contributed by atoms with Crippen LogP contribution in [0, 0.1) is 11.8 Å². The third kappa shape index (κ3) is 7.41. The monoisotopic (exact) mass is 341 g/mol. The molecule has 114 valence electrons. The summed E-state index contributed by atoms with van der Waals surface area (Å²) in [5.41, 5.74) is 1.42. The van der Waals surface area contributed by atoms with Crippen molar-refractivity contribution in [1.82, 2.24) is 5.32 Å². The Morgan fingerprint density at radius 1 is 1.35 bits per heavy atom. The average Bonchev–Trinajstić information content (AvgIpc) is 2.43. The molecule has 0 aromatic heterocycles. The van der Waals surface area contributed by atoms with Gasteiger partial charge in [0.2, 0.25) is 0 Å². The van der Waals surface area contributed by atoms with Crippen molar-refractivity contribution in [2.45, 2.75) is 33.1 Å². The molecule has 2 nitrogen and oxygen atoms in total. The van der Waals surface area contributed by atoms with Gasteiger partial charge in [0.25, 0.3) is 0 Å². The van der Waals surface area contributed by atoms with Crippen LogP contribution in [0.3, 0.4) is 0 Å². The summed E-state index contributed by atoms with van der Waals surface area (Å²) in [6, 6.07) is 8.67. The minimum atomic E-state index is 0.691. The van der Waals surface area contributed by atoms with Crippen LogP contribution in [-0.4, -0.2) is 26.8 Å². The van der Waals surface area contributed by atoms with Crippen LogP contribution in [0.5, 0.6) is 0 Å². The van der Waals surface area contributed by atoms with Gasteiger partial charge in [-0.25, -0.2) is 0 Å². The maximum atomic E-state index is 5.09.